The lowest BCUT2D eigenvalue weighted by Gasteiger charge is -2.45. The second-order valence-corrected chi connectivity index (χ2v) is 6.31. The van der Waals surface area contributed by atoms with E-state index in [0.29, 0.717) is 19.8 Å². The van der Waals surface area contributed by atoms with Gasteiger partial charge in [0.05, 0.1) is 37.5 Å². The molecule has 2 heterocycles. The minimum atomic E-state index is -0.0224. The van der Waals surface area contributed by atoms with E-state index in [-0.39, 0.29) is 12.0 Å². The highest BCUT2D eigenvalue weighted by molar-refractivity contribution is 5.58. The van der Waals surface area contributed by atoms with Crippen molar-refractivity contribution in [3.63, 3.8) is 0 Å². The van der Waals surface area contributed by atoms with Crippen LogP contribution >= 0.6 is 0 Å². The average molecular weight is 306 g/mol. The normalized spacial score (nSPS) is 21.5. The lowest BCUT2D eigenvalue weighted by Crippen LogP contribution is -2.57. The van der Waals surface area contributed by atoms with Crippen LogP contribution in [0.25, 0.3) is 0 Å². The second kappa shape index (κ2) is 6.86. The Morgan fingerprint density at radius 1 is 1.18 bits per heavy atom. The van der Waals surface area contributed by atoms with E-state index in [1.165, 1.54) is 5.69 Å². The van der Waals surface area contributed by atoms with Crippen LogP contribution < -0.4 is 9.64 Å². The van der Waals surface area contributed by atoms with Crippen molar-refractivity contribution in [2.45, 2.75) is 6.92 Å². The number of para-hydroxylation sites is 2. The molecule has 122 valence electrons. The molecule has 0 saturated carbocycles. The highest BCUT2D eigenvalue weighted by Crippen LogP contribution is 2.31. The Hall–Kier alpha value is -1.30. The summed E-state index contributed by atoms with van der Waals surface area (Å²) in [5, 5.41) is 9.56. The second-order valence-electron chi connectivity index (χ2n) is 6.31. The summed E-state index contributed by atoms with van der Waals surface area (Å²) in [6.07, 6.45) is 0. The zero-order valence-corrected chi connectivity index (χ0v) is 13.3. The van der Waals surface area contributed by atoms with Gasteiger partial charge in [-0.2, -0.15) is 0 Å². The molecule has 0 aromatic heterocycles. The molecular formula is C17H26N2O3. The first-order valence-electron chi connectivity index (χ1n) is 8.14. The molecule has 0 unspecified atom stereocenters. The van der Waals surface area contributed by atoms with Crippen LogP contribution in [-0.4, -0.2) is 69.2 Å². The SMILES string of the molecule is CCOc1ccccc1N1CCN(CC2(CO)COC2)CC1. The summed E-state index contributed by atoms with van der Waals surface area (Å²) < 4.78 is 11.0. The van der Waals surface area contributed by atoms with E-state index in [1.54, 1.807) is 0 Å². The first kappa shape index (κ1) is 15.6. The molecule has 0 bridgehead atoms. The molecule has 1 aromatic rings. The monoisotopic (exact) mass is 306 g/mol. The summed E-state index contributed by atoms with van der Waals surface area (Å²) in [7, 11) is 0. The van der Waals surface area contributed by atoms with Crippen molar-refractivity contribution < 1.29 is 14.6 Å². The van der Waals surface area contributed by atoms with Crippen molar-refractivity contribution >= 4 is 5.69 Å². The molecular weight excluding hydrogens is 280 g/mol. The summed E-state index contributed by atoms with van der Waals surface area (Å²) in [5.41, 5.74) is 1.17. The number of nitrogens with zero attached hydrogens (tertiary/aromatic N) is 2. The van der Waals surface area contributed by atoms with E-state index < -0.39 is 0 Å². The van der Waals surface area contributed by atoms with E-state index in [2.05, 4.69) is 21.9 Å². The van der Waals surface area contributed by atoms with Gasteiger partial charge >= 0.3 is 0 Å². The third-order valence-electron chi connectivity index (χ3n) is 4.59. The van der Waals surface area contributed by atoms with Crippen LogP contribution in [0.1, 0.15) is 6.92 Å². The highest BCUT2D eigenvalue weighted by Gasteiger charge is 2.40. The van der Waals surface area contributed by atoms with E-state index in [0.717, 1.165) is 38.5 Å². The molecule has 2 aliphatic rings. The van der Waals surface area contributed by atoms with Gasteiger partial charge in [0.15, 0.2) is 0 Å². The van der Waals surface area contributed by atoms with Crippen molar-refractivity contribution in [3.05, 3.63) is 24.3 Å². The number of benzene rings is 1. The van der Waals surface area contributed by atoms with Gasteiger partial charge in [-0.3, -0.25) is 4.90 Å². The van der Waals surface area contributed by atoms with Gasteiger partial charge in [-0.1, -0.05) is 12.1 Å². The van der Waals surface area contributed by atoms with Crippen molar-refractivity contribution in [1.29, 1.82) is 0 Å². The average Bonchev–Trinajstić information content (AvgIpc) is 2.53. The molecule has 2 saturated heterocycles. The fraction of sp³-hybridized carbons (Fsp3) is 0.647. The van der Waals surface area contributed by atoms with E-state index in [1.807, 2.05) is 19.1 Å². The number of hydrogen-bond acceptors (Lipinski definition) is 5. The Labute approximate surface area is 132 Å². The third kappa shape index (κ3) is 3.21. The van der Waals surface area contributed by atoms with Crippen molar-refractivity contribution in [1.82, 2.24) is 4.90 Å². The highest BCUT2D eigenvalue weighted by atomic mass is 16.5. The predicted octanol–water partition coefficient (Wildman–Crippen LogP) is 1.22. The summed E-state index contributed by atoms with van der Waals surface area (Å²) in [4.78, 5) is 4.84. The minimum absolute atomic E-state index is 0.0224. The van der Waals surface area contributed by atoms with Gasteiger partial charge in [-0.15, -0.1) is 0 Å². The zero-order chi connectivity index (χ0) is 15.4. The van der Waals surface area contributed by atoms with Crippen LogP contribution in [0.2, 0.25) is 0 Å². The van der Waals surface area contributed by atoms with Crippen LogP contribution in [0, 0.1) is 5.41 Å². The lowest BCUT2D eigenvalue weighted by molar-refractivity contribution is -0.148. The molecule has 2 fully saturated rings. The number of ether oxygens (including phenoxy) is 2. The topological polar surface area (TPSA) is 45.2 Å². The Morgan fingerprint density at radius 2 is 1.91 bits per heavy atom. The first-order valence-corrected chi connectivity index (χ1v) is 8.14. The van der Waals surface area contributed by atoms with Gasteiger partial charge in [0, 0.05) is 32.7 Å². The number of piperazine rings is 1. The summed E-state index contributed by atoms with van der Waals surface area (Å²) in [6.45, 7) is 9.27. The molecule has 22 heavy (non-hydrogen) atoms. The molecule has 0 atom stereocenters. The Morgan fingerprint density at radius 3 is 2.50 bits per heavy atom. The number of aliphatic hydroxyl groups excluding tert-OH is 1. The maximum atomic E-state index is 9.56. The maximum absolute atomic E-state index is 9.56. The van der Waals surface area contributed by atoms with Crippen molar-refractivity contribution in [2.24, 2.45) is 5.41 Å². The van der Waals surface area contributed by atoms with Crippen LogP contribution in [0.4, 0.5) is 5.69 Å². The van der Waals surface area contributed by atoms with Crippen LogP contribution in [0.15, 0.2) is 24.3 Å². The molecule has 1 aromatic carbocycles. The van der Waals surface area contributed by atoms with Gasteiger partial charge in [0.1, 0.15) is 5.75 Å². The third-order valence-corrected chi connectivity index (χ3v) is 4.59. The Balaban J connectivity index is 1.57. The van der Waals surface area contributed by atoms with E-state index in [9.17, 15) is 5.11 Å². The van der Waals surface area contributed by atoms with Gasteiger partial charge in [0.2, 0.25) is 0 Å². The Bertz CT molecular complexity index is 477. The fourth-order valence-corrected chi connectivity index (χ4v) is 3.24. The van der Waals surface area contributed by atoms with Gasteiger partial charge in [-0.25, -0.2) is 0 Å². The number of rotatable bonds is 6. The fourth-order valence-electron chi connectivity index (χ4n) is 3.24. The molecule has 1 N–H and O–H groups in total. The van der Waals surface area contributed by atoms with Gasteiger partial charge in [-0.05, 0) is 19.1 Å². The smallest absolute Gasteiger partial charge is 0.142 e. The van der Waals surface area contributed by atoms with Crippen LogP contribution in [-0.2, 0) is 4.74 Å². The zero-order valence-electron chi connectivity index (χ0n) is 13.3. The van der Waals surface area contributed by atoms with E-state index >= 15 is 0 Å². The van der Waals surface area contributed by atoms with Crippen LogP contribution in [0.5, 0.6) is 5.75 Å². The first-order chi connectivity index (χ1) is 10.8. The van der Waals surface area contributed by atoms with Crippen molar-refractivity contribution in [2.75, 3.05) is 64.1 Å². The van der Waals surface area contributed by atoms with Gasteiger partial charge in [0.25, 0.3) is 0 Å². The minimum Gasteiger partial charge on any atom is -0.492 e. The molecule has 3 rings (SSSR count). The Kier molecular flexibility index (Phi) is 4.86. The molecule has 2 aliphatic heterocycles. The lowest BCUT2D eigenvalue weighted by atomic mass is 9.86. The standard InChI is InChI=1S/C17H26N2O3/c1-2-22-16-6-4-3-5-15(16)19-9-7-18(8-10-19)11-17(12-20)13-21-14-17/h3-6,20H,2,7-14H2,1H3. The predicted molar refractivity (Wildman–Crippen MR) is 86.6 cm³/mol. The summed E-state index contributed by atoms with van der Waals surface area (Å²) in [6, 6.07) is 8.26. The molecule has 0 radical (unpaired) electrons. The number of anilines is 1. The van der Waals surface area contributed by atoms with E-state index in [4.69, 9.17) is 9.47 Å². The molecule has 5 heteroatoms. The van der Waals surface area contributed by atoms with Gasteiger partial charge < -0.3 is 19.5 Å². The number of hydrogen-bond donors (Lipinski definition) is 1. The summed E-state index contributed by atoms with van der Waals surface area (Å²) >= 11 is 0. The summed E-state index contributed by atoms with van der Waals surface area (Å²) in [5.74, 6) is 0.970. The molecule has 0 spiro atoms. The maximum Gasteiger partial charge on any atom is 0.142 e. The molecule has 0 aliphatic carbocycles. The quantitative estimate of drug-likeness (QED) is 0.856. The largest absolute Gasteiger partial charge is 0.492 e. The van der Waals surface area contributed by atoms with Crippen LogP contribution in [0.3, 0.4) is 0 Å². The molecule has 5 nitrogen and oxygen atoms in total. The van der Waals surface area contributed by atoms with Crippen molar-refractivity contribution in [3.8, 4) is 5.75 Å². The number of aliphatic hydroxyl groups is 1. The molecule has 0 amide bonds.